The minimum atomic E-state index is -2.49. The molecule has 5 nitrogen and oxygen atoms in total. The van der Waals surface area contributed by atoms with Gasteiger partial charge in [-0.1, -0.05) is 11.6 Å². The summed E-state index contributed by atoms with van der Waals surface area (Å²) in [5.41, 5.74) is -1.36. The largest absolute Gasteiger partial charge is 0.369 e. The van der Waals surface area contributed by atoms with Gasteiger partial charge in [0.25, 0.3) is 0 Å². The molecule has 2 radical (unpaired) electrons. The fraction of sp³-hybridized carbons (Fsp3) is 0.200. The molecule has 0 spiro atoms. The highest BCUT2D eigenvalue weighted by Gasteiger charge is 2.25. The van der Waals surface area contributed by atoms with Gasteiger partial charge in [-0.15, -0.1) is 0 Å². The van der Waals surface area contributed by atoms with Gasteiger partial charge in [-0.25, -0.2) is 9.67 Å². The van der Waals surface area contributed by atoms with E-state index in [4.69, 9.17) is 19.4 Å². The van der Waals surface area contributed by atoms with E-state index in [1.165, 1.54) is 16.9 Å². The standard InChI is InChI=1S/C10H8BBrClN3O2/c1-5-4-7(10(11,17)18)16(15-5)6-2-3-14-9(13)8(6)12/h2-4,17-18H,1H3. The van der Waals surface area contributed by atoms with E-state index in [0.29, 0.717) is 15.9 Å². The van der Waals surface area contributed by atoms with Crippen molar-refractivity contribution in [3.8, 4) is 5.69 Å². The Hall–Kier alpha value is -0.885. The number of hydrogen-bond acceptors (Lipinski definition) is 4. The van der Waals surface area contributed by atoms with Gasteiger partial charge >= 0.3 is 0 Å². The fourth-order valence-electron chi connectivity index (χ4n) is 1.52. The minimum absolute atomic E-state index is 0.0305. The van der Waals surface area contributed by atoms with Gasteiger partial charge in [0.2, 0.25) is 0 Å². The maximum atomic E-state index is 9.51. The first-order valence-electron chi connectivity index (χ1n) is 4.92. The molecule has 18 heavy (non-hydrogen) atoms. The Bertz CT molecular complexity index is 597. The predicted molar refractivity (Wildman–Crippen MR) is 70.7 cm³/mol. The van der Waals surface area contributed by atoms with Crippen molar-refractivity contribution in [1.82, 2.24) is 14.8 Å². The van der Waals surface area contributed by atoms with E-state index in [2.05, 4.69) is 26.0 Å². The molecule has 2 rings (SSSR count). The second kappa shape index (κ2) is 4.66. The van der Waals surface area contributed by atoms with Crippen molar-refractivity contribution in [1.29, 1.82) is 0 Å². The first kappa shape index (κ1) is 13.5. The number of halogens is 2. The molecule has 0 bridgehead atoms. The molecule has 2 aromatic rings. The van der Waals surface area contributed by atoms with Crippen LogP contribution in [0.1, 0.15) is 11.4 Å². The Kier molecular flexibility index (Phi) is 3.50. The summed E-state index contributed by atoms with van der Waals surface area (Å²) in [5, 5.41) is 23.4. The lowest BCUT2D eigenvalue weighted by Crippen LogP contribution is -2.28. The maximum absolute atomic E-state index is 9.51. The number of aromatic nitrogens is 3. The number of aliphatic hydroxyl groups is 2. The molecule has 0 aliphatic rings. The molecule has 0 amide bonds. The van der Waals surface area contributed by atoms with Gasteiger partial charge < -0.3 is 10.2 Å². The Balaban J connectivity index is 2.68. The number of rotatable bonds is 2. The molecular weight excluding hydrogens is 320 g/mol. The molecule has 2 aromatic heterocycles. The quantitative estimate of drug-likeness (QED) is 0.495. The molecule has 8 heteroatoms. The van der Waals surface area contributed by atoms with Crippen LogP contribution in [-0.4, -0.2) is 32.8 Å². The van der Waals surface area contributed by atoms with Crippen LogP contribution >= 0.6 is 27.5 Å². The lowest BCUT2D eigenvalue weighted by atomic mass is 9.91. The second-order valence-electron chi connectivity index (χ2n) is 3.74. The highest BCUT2D eigenvalue weighted by atomic mass is 79.9. The lowest BCUT2D eigenvalue weighted by Gasteiger charge is -2.19. The van der Waals surface area contributed by atoms with E-state index in [-0.39, 0.29) is 10.8 Å². The number of nitrogens with zero attached hydrogens (tertiary/aromatic N) is 3. The van der Waals surface area contributed by atoms with Gasteiger partial charge in [0.15, 0.2) is 13.5 Å². The topological polar surface area (TPSA) is 71.2 Å². The third-order valence-corrected chi connectivity index (χ3v) is 3.56. The zero-order chi connectivity index (χ0) is 13.5. The molecule has 2 heterocycles. The average molecular weight is 328 g/mol. The van der Waals surface area contributed by atoms with Crippen molar-refractivity contribution < 1.29 is 10.2 Å². The Morgan fingerprint density at radius 3 is 2.78 bits per heavy atom. The van der Waals surface area contributed by atoms with Crippen LogP contribution in [0.25, 0.3) is 5.69 Å². The van der Waals surface area contributed by atoms with E-state index >= 15 is 0 Å². The fourth-order valence-corrected chi connectivity index (χ4v) is 2.07. The summed E-state index contributed by atoms with van der Waals surface area (Å²) in [6, 6.07) is 3.10. The van der Waals surface area contributed by atoms with E-state index in [1.54, 1.807) is 13.0 Å². The Labute approximate surface area is 118 Å². The molecule has 2 N–H and O–H groups in total. The zero-order valence-electron chi connectivity index (χ0n) is 9.30. The van der Waals surface area contributed by atoms with Crippen molar-refractivity contribution in [3.05, 3.63) is 39.3 Å². The summed E-state index contributed by atoms with van der Waals surface area (Å²) in [6.07, 6.45) is 1.48. The molecule has 0 unspecified atom stereocenters. The smallest absolute Gasteiger partial charge is 0.163 e. The van der Waals surface area contributed by atoms with Crippen molar-refractivity contribution in [2.75, 3.05) is 0 Å². The third kappa shape index (κ3) is 2.44. The van der Waals surface area contributed by atoms with Crippen LogP contribution in [0.2, 0.25) is 5.15 Å². The maximum Gasteiger partial charge on any atom is 0.163 e. The molecule has 0 fully saturated rings. The number of pyridine rings is 1. The first-order chi connectivity index (χ1) is 8.30. The Morgan fingerprint density at radius 1 is 1.50 bits per heavy atom. The molecule has 0 atom stereocenters. The predicted octanol–water partition coefficient (Wildman–Crippen LogP) is 1.26. The summed E-state index contributed by atoms with van der Waals surface area (Å²) in [5.74, 6) is 0. The molecule has 0 aliphatic heterocycles. The summed E-state index contributed by atoms with van der Waals surface area (Å²) in [7, 11) is 5.28. The van der Waals surface area contributed by atoms with Gasteiger partial charge in [0, 0.05) is 6.20 Å². The number of aryl methyl sites for hydroxylation is 1. The average Bonchev–Trinajstić information content (AvgIpc) is 2.64. The minimum Gasteiger partial charge on any atom is -0.369 e. The molecule has 0 aromatic carbocycles. The third-order valence-electron chi connectivity index (χ3n) is 2.26. The molecule has 0 aliphatic carbocycles. The lowest BCUT2D eigenvalue weighted by molar-refractivity contribution is -0.0959. The molecule has 92 valence electrons. The summed E-state index contributed by atoms with van der Waals surface area (Å²) in [4.78, 5) is 3.88. The second-order valence-corrected chi connectivity index (χ2v) is 4.89. The van der Waals surface area contributed by atoms with Gasteiger partial charge in [0.1, 0.15) is 5.15 Å². The highest BCUT2D eigenvalue weighted by Crippen LogP contribution is 2.29. The van der Waals surface area contributed by atoms with Crippen molar-refractivity contribution >= 4 is 35.4 Å². The van der Waals surface area contributed by atoms with Crippen LogP contribution in [0.4, 0.5) is 0 Å². The van der Waals surface area contributed by atoms with Crippen LogP contribution in [0, 0.1) is 6.92 Å². The summed E-state index contributed by atoms with van der Waals surface area (Å²) >= 11 is 9.15. The molecule has 0 saturated carbocycles. The first-order valence-corrected chi connectivity index (χ1v) is 6.09. The van der Waals surface area contributed by atoms with Crippen LogP contribution < -0.4 is 0 Å². The van der Waals surface area contributed by atoms with E-state index in [0.717, 1.165) is 0 Å². The number of hydrogen-bond donors (Lipinski definition) is 2. The molecule has 0 saturated heterocycles. The van der Waals surface area contributed by atoms with Crippen molar-refractivity contribution in [2.45, 2.75) is 12.6 Å². The van der Waals surface area contributed by atoms with E-state index in [9.17, 15) is 10.2 Å². The van der Waals surface area contributed by atoms with Gasteiger partial charge in [-0.2, -0.15) is 5.10 Å². The van der Waals surface area contributed by atoms with E-state index in [1.807, 2.05) is 0 Å². The van der Waals surface area contributed by atoms with Gasteiger partial charge in [0.05, 0.1) is 21.5 Å². The van der Waals surface area contributed by atoms with E-state index < -0.39 is 5.69 Å². The monoisotopic (exact) mass is 327 g/mol. The SMILES string of the molecule is [B]C(O)(O)c1cc(C)nn1-c1ccnc(Cl)c1Br. The van der Waals surface area contributed by atoms with Gasteiger partial charge in [-0.3, -0.25) is 0 Å². The zero-order valence-corrected chi connectivity index (χ0v) is 11.6. The highest BCUT2D eigenvalue weighted by molar-refractivity contribution is 9.10. The normalized spacial score (nSPS) is 11.8. The van der Waals surface area contributed by atoms with Crippen molar-refractivity contribution in [3.63, 3.8) is 0 Å². The molecular formula is C10H8BBrClN3O2. The van der Waals surface area contributed by atoms with Crippen LogP contribution in [-0.2, 0) is 5.69 Å². The van der Waals surface area contributed by atoms with Crippen LogP contribution in [0.5, 0.6) is 0 Å². The Morgan fingerprint density at radius 2 is 2.17 bits per heavy atom. The summed E-state index contributed by atoms with van der Waals surface area (Å²) in [6.45, 7) is 1.71. The van der Waals surface area contributed by atoms with Crippen LogP contribution in [0.3, 0.4) is 0 Å². The summed E-state index contributed by atoms with van der Waals surface area (Å²) < 4.78 is 1.78. The van der Waals surface area contributed by atoms with Crippen LogP contribution in [0.15, 0.2) is 22.8 Å². The van der Waals surface area contributed by atoms with Crippen molar-refractivity contribution in [2.24, 2.45) is 0 Å². The van der Waals surface area contributed by atoms with Gasteiger partial charge in [-0.05, 0) is 35.0 Å².